The van der Waals surface area contributed by atoms with Gasteiger partial charge in [0.05, 0.1) is 16.1 Å². The Kier molecular flexibility index (Phi) is 7.10. The summed E-state index contributed by atoms with van der Waals surface area (Å²) in [6.07, 6.45) is -8.89. The Bertz CT molecular complexity index is 1280. The number of ether oxygens (including phenoxy) is 2. The highest BCUT2D eigenvalue weighted by Gasteiger charge is 2.37. The molecule has 35 heavy (non-hydrogen) atoms. The summed E-state index contributed by atoms with van der Waals surface area (Å²) in [6, 6.07) is 7.36. The maximum absolute atomic E-state index is 13.7. The van der Waals surface area contributed by atoms with Crippen molar-refractivity contribution in [2.24, 2.45) is 5.73 Å². The molecule has 0 atom stereocenters. The van der Waals surface area contributed by atoms with Crippen molar-refractivity contribution in [1.29, 1.82) is 0 Å². The summed E-state index contributed by atoms with van der Waals surface area (Å²) in [5.74, 6) is -3.86. The minimum Gasteiger partial charge on any atom is -0.455 e. The van der Waals surface area contributed by atoms with Gasteiger partial charge in [-0.3, -0.25) is 14.6 Å². The lowest BCUT2D eigenvalue weighted by Gasteiger charge is -2.18. The number of anilines is 1. The Morgan fingerprint density at radius 3 is 2.29 bits per heavy atom. The number of primary amides is 1. The molecule has 184 valence electrons. The van der Waals surface area contributed by atoms with Crippen LogP contribution in [0.25, 0.3) is 0 Å². The summed E-state index contributed by atoms with van der Waals surface area (Å²) in [5.41, 5.74) is 2.44. The molecule has 0 aliphatic carbocycles. The van der Waals surface area contributed by atoms with Crippen LogP contribution in [0.2, 0.25) is 5.02 Å². The maximum Gasteiger partial charge on any atom is 0.573 e. The van der Waals surface area contributed by atoms with Gasteiger partial charge in [-0.05, 0) is 36.4 Å². The van der Waals surface area contributed by atoms with E-state index in [0.717, 1.165) is 42.6 Å². The van der Waals surface area contributed by atoms with Gasteiger partial charge in [-0.2, -0.15) is 13.2 Å². The minimum absolute atomic E-state index is 0.0894. The second-order valence-corrected chi connectivity index (χ2v) is 7.07. The molecule has 2 aromatic carbocycles. The fourth-order valence-corrected chi connectivity index (χ4v) is 3.01. The van der Waals surface area contributed by atoms with Crippen LogP contribution < -0.4 is 20.5 Å². The number of carbonyl (C=O) groups excluding carboxylic acids is 2. The molecule has 1 aromatic heterocycles. The Morgan fingerprint density at radius 2 is 1.69 bits per heavy atom. The average Bonchev–Trinajstić information content (AvgIpc) is 2.74. The van der Waals surface area contributed by atoms with Crippen molar-refractivity contribution in [3.63, 3.8) is 0 Å². The van der Waals surface area contributed by atoms with E-state index in [0.29, 0.717) is 6.07 Å². The fourth-order valence-electron chi connectivity index (χ4n) is 2.80. The number of nitrogens with zero attached hydrogens (tertiary/aromatic N) is 1. The lowest BCUT2D eigenvalue weighted by molar-refractivity contribution is -0.274. The van der Waals surface area contributed by atoms with Crippen molar-refractivity contribution in [2.45, 2.75) is 12.5 Å². The van der Waals surface area contributed by atoms with Crippen molar-refractivity contribution in [2.75, 3.05) is 5.32 Å². The molecule has 2 amide bonds. The molecule has 14 heteroatoms. The predicted octanol–water partition coefficient (Wildman–Crippen LogP) is 5.80. The van der Waals surface area contributed by atoms with Crippen LogP contribution in [0.1, 0.15) is 26.4 Å². The number of benzene rings is 2. The first-order valence-electron chi connectivity index (χ1n) is 9.25. The molecule has 0 aliphatic heterocycles. The quantitative estimate of drug-likeness (QED) is 0.401. The van der Waals surface area contributed by atoms with Gasteiger partial charge in [-0.1, -0.05) is 17.7 Å². The van der Waals surface area contributed by atoms with Gasteiger partial charge in [0.25, 0.3) is 11.8 Å². The van der Waals surface area contributed by atoms with E-state index in [4.69, 9.17) is 22.1 Å². The summed E-state index contributed by atoms with van der Waals surface area (Å²) < 4.78 is 87.3. The third-order valence-corrected chi connectivity index (χ3v) is 4.48. The molecule has 3 rings (SSSR count). The van der Waals surface area contributed by atoms with E-state index in [1.807, 2.05) is 0 Å². The number of pyridine rings is 1. The monoisotopic (exact) mass is 519 g/mol. The van der Waals surface area contributed by atoms with Crippen LogP contribution in [-0.2, 0) is 6.18 Å². The summed E-state index contributed by atoms with van der Waals surface area (Å²) in [4.78, 5) is 27.8. The molecule has 3 aromatic rings. The molecule has 0 saturated heterocycles. The molecule has 0 aliphatic rings. The Hall–Kier alpha value is -4.00. The minimum atomic E-state index is -5.00. The number of nitrogens with one attached hydrogen (secondary N) is 1. The van der Waals surface area contributed by atoms with Crippen LogP contribution in [0, 0.1) is 0 Å². The Morgan fingerprint density at radius 1 is 0.971 bits per heavy atom. The maximum atomic E-state index is 13.7. The van der Waals surface area contributed by atoms with E-state index < -0.39 is 52.0 Å². The van der Waals surface area contributed by atoms with Crippen molar-refractivity contribution < 1.29 is 45.4 Å². The van der Waals surface area contributed by atoms with Crippen LogP contribution >= 0.6 is 11.6 Å². The van der Waals surface area contributed by atoms with Crippen molar-refractivity contribution in [3.8, 4) is 17.2 Å². The number of hydrogen-bond acceptors (Lipinski definition) is 5. The van der Waals surface area contributed by atoms with Gasteiger partial charge in [-0.15, -0.1) is 13.2 Å². The van der Waals surface area contributed by atoms with E-state index in [-0.39, 0.29) is 17.1 Å². The summed E-state index contributed by atoms with van der Waals surface area (Å²) in [6.45, 7) is 0. The Balaban J connectivity index is 2.00. The van der Waals surface area contributed by atoms with Gasteiger partial charge in [0, 0.05) is 18.0 Å². The molecule has 0 fully saturated rings. The predicted molar refractivity (Wildman–Crippen MR) is 110 cm³/mol. The molecule has 0 saturated carbocycles. The number of hydrogen-bond donors (Lipinski definition) is 2. The van der Waals surface area contributed by atoms with Gasteiger partial charge in [-0.25, -0.2) is 0 Å². The highest BCUT2D eigenvalue weighted by molar-refractivity contribution is 6.32. The lowest BCUT2D eigenvalue weighted by atomic mass is 10.0. The molecule has 0 spiro atoms. The average molecular weight is 520 g/mol. The standard InChI is InChI=1S/C21H12ClF6N3O4/c22-13-9-11(35-21(26,27)28)4-5-15(13)34-16-3-1-2-12(20(23,24)25)17(16)19(33)31-10-6-7-30-14(8-10)18(29)32/h1-9H,(H2,29,32)(H,30,31,33). The van der Waals surface area contributed by atoms with Crippen LogP contribution in [0.4, 0.5) is 32.0 Å². The van der Waals surface area contributed by atoms with Crippen molar-refractivity contribution >= 4 is 29.1 Å². The van der Waals surface area contributed by atoms with Gasteiger partial charge in [0.2, 0.25) is 0 Å². The van der Waals surface area contributed by atoms with Gasteiger partial charge in [0.1, 0.15) is 22.9 Å². The Labute approximate surface area is 197 Å². The first-order valence-corrected chi connectivity index (χ1v) is 9.63. The number of amides is 2. The van der Waals surface area contributed by atoms with Gasteiger partial charge < -0.3 is 20.5 Å². The highest BCUT2D eigenvalue weighted by atomic mass is 35.5. The largest absolute Gasteiger partial charge is 0.573 e. The number of alkyl halides is 6. The molecule has 0 unspecified atom stereocenters. The molecule has 0 bridgehead atoms. The van der Waals surface area contributed by atoms with Crippen LogP contribution in [-0.4, -0.2) is 23.2 Å². The zero-order valence-electron chi connectivity index (χ0n) is 17.0. The van der Waals surface area contributed by atoms with E-state index in [9.17, 15) is 35.9 Å². The molecular formula is C21H12ClF6N3O4. The van der Waals surface area contributed by atoms with Crippen molar-refractivity contribution in [1.82, 2.24) is 4.98 Å². The van der Waals surface area contributed by atoms with E-state index in [2.05, 4.69) is 15.0 Å². The van der Waals surface area contributed by atoms with Crippen LogP contribution in [0.3, 0.4) is 0 Å². The lowest BCUT2D eigenvalue weighted by Crippen LogP contribution is -2.20. The zero-order chi connectivity index (χ0) is 26.0. The normalized spacial score (nSPS) is 11.6. The molecule has 0 radical (unpaired) electrons. The zero-order valence-corrected chi connectivity index (χ0v) is 17.8. The van der Waals surface area contributed by atoms with Gasteiger partial charge in [0.15, 0.2) is 0 Å². The number of rotatable bonds is 6. The second kappa shape index (κ2) is 9.70. The smallest absolute Gasteiger partial charge is 0.455 e. The number of aromatic nitrogens is 1. The first-order chi connectivity index (χ1) is 16.2. The fraction of sp³-hybridized carbons (Fsp3) is 0.0952. The summed E-state index contributed by atoms with van der Waals surface area (Å²) in [7, 11) is 0. The molecule has 1 heterocycles. The van der Waals surface area contributed by atoms with E-state index in [1.165, 1.54) is 6.07 Å². The topological polar surface area (TPSA) is 104 Å². The third kappa shape index (κ3) is 6.53. The number of halogens is 7. The third-order valence-electron chi connectivity index (χ3n) is 4.19. The second-order valence-electron chi connectivity index (χ2n) is 6.67. The van der Waals surface area contributed by atoms with Gasteiger partial charge >= 0.3 is 12.5 Å². The summed E-state index contributed by atoms with van der Waals surface area (Å²) in [5, 5.41) is 1.76. The highest BCUT2D eigenvalue weighted by Crippen LogP contribution is 2.40. The number of nitrogens with two attached hydrogens (primary N) is 1. The molecule has 3 N–H and O–H groups in total. The number of carbonyl (C=O) groups is 2. The molecular weight excluding hydrogens is 508 g/mol. The van der Waals surface area contributed by atoms with Crippen LogP contribution in [0.5, 0.6) is 17.2 Å². The SMILES string of the molecule is NC(=O)c1cc(NC(=O)c2c(Oc3ccc(OC(F)(F)F)cc3Cl)cccc2C(F)(F)F)ccn1. The van der Waals surface area contributed by atoms with E-state index >= 15 is 0 Å². The molecule has 7 nitrogen and oxygen atoms in total. The summed E-state index contributed by atoms with van der Waals surface area (Å²) >= 11 is 5.90. The van der Waals surface area contributed by atoms with Crippen LogP contribution in [0.15, 0.2) is 54.7 Å². The van der Waals surface area contributed by atoms with Crippen molar-refractivity contribution in [3.05, 3.63) is 76.6 Å². The first kappa shape index (κ1) is 25.6. The van der Waals surface area contributed by atoms with E-state index in [1.54, 1.807) is 0 Å².